The molecule has 10 aromatic carbocycles. The van der Waals surface area contributed by atoms with Crippen LogP contribution < -0.4 is 54.0 Å². The SMILES string of the molecule is CC(=O)CNC(=O)OCC1c2ccccc2-c2ccccc21.CCC(=O)OCC1c2ccccc2-c2ccccc21.CCC(=O)OCC1c2ccccc2-c2ccccc21.CCC(=O)OCC1c2ccccc2-c2ccccc21.CNC(=O)OCC1c2ccccc2-c2ccccc21.CNCC(C)=O.CN[C@@H](CCCCNCC(=O)CNCN)C(=O)NCCCC[C@H](NCC(C)=O)C(N)=O. The average Bonchev–Trinajstić information content (AvgIpc) is 1.64. The number of nitrogens with two attached hydrogens (primary N) is 2. The summed E-state index contributed by atoms with van der Waals surface area (Å²) < 4.78 is 26.6. The number of nitrogens with one attached hydrogen (secondary N) is 8. The molecule has 26 nitrogen and oxygen atoms in total. The summed E-state index contributed by atoms with van der Waals surface area (Å²) in [4.78, 5) is 124. The molecule has 0 bridgehead atoms. The maximum Gasteiger partial charge on any atom is 0.407 e. The minimum Gasteiger partial charge on any atom is -0.465 e. The number of alkyl carbamates (subject to hydrolysis) is 2. The molecule has 0 unspecified atom stereocenters. The van der Waals surface area contributed by atoms with E-state index in [4.69, 9.17) is 35.2 Å². The van der Waals surface area contributed by atoms with Crippen molar-refractivity contribution >= 4 is 65.0 Å². The predicted molar refractivity (Wildman–Crippen MR) is 528 cm³/mol. The van der Waals surface area contributed by atoms with Gasteiger partial charge in [-0.15, -0.1) is 0 Å². The van der Waals surface area contributed by atoms with E-state index in [1.807, 2.05) is 106 Å². The van der Waals surface area contributed by atoms with E-state index < -0.39 is 18.0 Å². The van der Waals surface area contributed by atoms with Crippen LogP contribution in [0.5, 0.6) is 0 Å². The number of hydrogen-bond donors (Lipinski definition) is 10. The van der Waals surface area contributed by atoms with Gasteiger partial charge in [-0.3, -0.25) is 53.8 Å². The predicted octanol–water partition coefficient (Wildman–Crippen LogP) is 15.0. The smallest absolute Gasteiger partial charge is 0.407 e. The Morgan fingerprint density at radius 3 is 0.852 bits per heavy atom. The Kier molecular flexibility index (Phi) is 43.6. The van der Waals surface area contributed by atoms with Crippen LogP contribution in [-0.2, 0) is 66.8 Å². The lowest BCUT2D eigenvalue weighted by molar-refractivity contribution is -0.144. The zero-order valence-corrected chi connectivity index (χ0v) is 78.9. The van der Waals surface area contributed by atoms with E-state index in [0.717, 1.165) is 12.8 Å². The average molecular weight is 1840 g/mol. The fourth-order valence-electron chi connectivity index (χ4n) is 16.8. The van der Waals surface area contributed by atoms with Gasteiger partial charge in [0, 0.05) is 69.1 Å². The lowest BCUT2D eigenvalue weighted by Gasteiger charge is -2.17. The Bertz CT molecular complexity index is 4950. The van der Waals surface area contributed by atoms with Gasteiger partial charge in [0.2, 0.25) is 11.8 Å². The molecular weight excluding hydrogens is 1710 g/mol. The number of ketones is 4. The molecule has 5 aliphatic carbocycles. The fourth-order valence-corrected chi connectivity index (χ4v) is 16.8. The molecule has 2 atom stereocenters. The van der Waals surface area contributed by atoms with Crippen molar-refractivity contribution in [3.8, 4) is 55.6 Å². The minimum absolute atomic E-state index is 0.00330. The molecule has 4 amide bonds. The zero-order chi connectivity index (χ0) is 97.0. The molecule has 0 fully saturated rings. The van der Waals surface area contributed by atoms with Gasteiger partial charge in [0.1, 0.15) is 50.4 Å². The number of esters is 3. The van der Waals surface area contributed by atoms with Crippen molar-refractivity contribution in [1.29, 1.82) is 0 Å². The molecule has 0 saturated carbocycles. The van der Waals surface area contributed by atoms with Gasteiger partial charge in [0.25, 0.3) is 0 Å². The summed E-state index contributed by atoms with van der Waals surface area (Å²) in [6.07, 6.45) is 4.69. The van der Waals surface area contributed by atoms with E-state index in [0.29, 0.717) is 97.6 Å². The molecule has 15 rings (SSSR count). The molecule has 10 aromatic rings. The maximum absolute atomic E-state index is 12.3. The molecule has 0 saturated heterocycles. The zero-order valence-electron chi connectivity index (χ0n) is 78.9. The van der Waals surface area contributed by atoms with Crippen LogP contribution in [0.2, 0.25) is 0 Å². The number of Topliss-reactive ketones (excluding diaryl/α,β-unsaturated/α-hetero) is 4. The first-order valence-corrected chi connectivity index (χ1v) is 46.4. The Balaban J connectivity index is 0.000000181. The Morgan fingerprint density at radius 1 is 0.319 bits per heavy atom. The van der Waals surface area contributed by atoms with Crippen LogP contribution in [0.3, 0.4) is 0 Å². The Morgan fingerprint density at radius 2 is 0.593 bits per heavy atom. The lowest BCUT2D eigenvalue weighted by Crippen LogP contribution is -2.44. The topological polar surface area (TPSA) is 382 Å². The third-order valence-corrected chi connectivity index (χ3v) is 23.5. The van der Waals surface area contributed by atoms with E-state index in [2.05, 4.69) is 200 Å². The van der Waals surface area contributed by atoms with Gasteiger partial charge in [0.05, 0.1) is 44.8 Å². The van der Waals surface area contributed by atoms with E-state index in [1.54, 1.807) is 28.1 Å². The third kappa shape index (κ3) is 31.1. The molecule has 0 aliphatic heterocycles. The molecule has 26 heteroatoms. The van der Waals surface area contributed by atoms with Crippen molar-refractivity contribution in [2.45, 2.75) is 141 Å². The van der Waals surface area contributed by atoms with E-state index in [9.17, 15) is 52.7 Å². The van der Waals surface area contributed by atoms with Gasteiger partial charge in [0.15, 0.2) is 5.78 Å². The summed E-state index contributed by atoms with van der Waals surface area (Å²) in [6, 6.07) is 82.2. The van der Waals surface area contributed by atoms with Crippen LogP contribution in [0.1, 0.15) is 185 Å². The summed E-state index contributed by atoms with van der Waals surface area (Å²) in [5.41, 5.74) is 35.4. The van der Waals surface area contributed by atoms with E-state index >= 15 is 0 Å². The second kappa shape index (κ2) is 55.9. The first kappa shape index (κ1) is 105. The molecule has 0 aromatic heterocycles. The van der Waals surface area contributed by atoms with Crippen molar-refractivity contribution in [2.24, 2.45) is 11.5 Å². The summed E-state index contributed by atoms with van der Waals surface area (Å²) in [5, 5.41) is 22.3. The number of benzene rings is 10. The minimum atomic E-state index is -0.558. The Hall–Kier alpha value is -13.5. The monoisotopic (exact) mass is 1830 g/mol. The van der Waals surface area contributed by atoms with Crippen molar-refractivity contribution in [2.75, 3.05) is 107 Å². The number of primary amides is 1. The van der Waals surface area contributed by atoms with Gasteiger partial charge in [-0.25, -0.2) is 9.59 Å². The number of ether oxygens (including phenoxy) is 5. The first-order valence-electron chi connectivity index (χ1n) is 46.4. The number of rotatable bonds is 38. The lowest BCUT2D eigenvalue weighted by atomic mass is 9.98. The molecule has 135 heavy (non-hydrogen) atoms. The van der Waals surface area contributed by atoms with E-state index in [-0.39, 0.29) is 122 Å². The van der Waals surface area contributed by atoms with Crippen LogP contribution >= 0.6 is 0 Å². The van der Waals surface area contributed by atoms with Crippen molar-refractivity contribution in [3.63, 3.8) is 0 Å². The highest BCUT2D eigenvalue weighted by atomic mass is 16.6. The number of fused-ring (bicyclic) bond motifs is 15. The van der Waals surface area contributed by atoms with Gasteiger partial charge in [-0.05, 0) is 185 Å². The van der Waals surface area contributed by atoms with Gasteiger partial charge < -0.3 is 67.1 Å². The summed E-state index contributed by atoms with van der Waals surface area (Å²) >= 11 is 0. The quantitative estimate of drug-likeness (QED) is 0.00743. The number of hydrogen-bond acceptors (Lipinski definition) is 22. The second-order valence-corrected chi connectivity index (χ2v) is 33.0. The highest BCUT2D eigenvalue weighted by molar-refractivity contribution is 5.87. The standard InChI is InChI=1S/C20H41N7O4.C18H17NO3.3C17H16O2.C16H15NO2.C4H9NO/c1-15(28)11-27-17(19(22)30)7-4-6-10-26-20(31)18(23-2)8-3-5-9-24-12-16(29)13-25-14-21;1-12(20)10-19-18(21)22-11-17-15-8-4-2-6-13(15)14-7-3-5-9-16(14)17;3*1-2-17(18)19-11-16-14-9-5-3-7-12(14)13-8-4-6-10-15(13)16;1-17-16(18)19-10-15-13-8-4-2-6-11(13)12-7-3-5-9-14(12)15;1-4(6)3-5-2/h17-18,23-25,27H,3-14,21H2,1-2H3,(H2,22,30)(H,26,31);2-9,17H,10-11H2,1H3,(H,19,21);3*3-10,16H,2,11H2,1H3;2-9,15H,10H2,1H3,(H,17,18);5H,3H2,1-2H3/t17-,18-;;;;;;/m0....../s1. The summed E-state index contributed by atoms with van der Waals surface area (Å²) in [7, 11) is 5.07. The third-order valence-electron chi connectivity index (χ3n) is 23.5. The maximum atomic E-state index is 12.3. The van der Waals surface area contributed by atoms with Crippen LogP contribution in [-0.4, -0.2) is 184 Å². The number of carbonyl (C=O) groups is 11. The summed E-state index contributed by atoms with van der Waals surface area (Å²) in [6.45, 7) is 14.5. The van der Waals surface area contributed by atoms with Gasteiger partial charge in [-0.1, -0.05) is 270 Å². The number of likely N-dealkylation sites (N-methyl/N-ethyl adjacent to an activating group) is 2. The highest BCUT2D eigenvalue weighted by Crippen LogP contribution is 2.49. The van der Waals surface area contributed by atoms with Crippen molar-refractivity contribution in [3.05, 3.63) is 298 Å². The van der Waals surface area contributed by atoms with Crippen LogP contribution in [0.25, 0.3) is 55.6 Å². The first-order chi connectivity index (χ1) is 65.5. The Labute approximate surface area is 792 Å². The fraction of sp³-hybridized carbons (Fsp3) is 0.349. The van der Waals surface area contributed by atoms with Crippen LogP contribution in [0, 0.1) is 0 Å². The summed E-state index contributed by atoms with van der Waals surface area (Å²) in [5.74, 6) is -0.188. The molecule has 0 spiro atoms. The molecule has 712 valence electrons. The van der Waals surface area contributed by atoms with Crippen molar-refractivity contribution < 1.29 is 76.4 Å². The van der Waals surface area contributed by atoms with Gasteiger partial charge >= 0.3 is 30.1 Å². The van der Waals surface area contributed by atoms with Crippen LogP contribution in [0.4, 0.5) is 9.59 Å². The van der Waals surface area contributed by atoms with Gasteiger partial charge in [-0.2, -0.15) is 0 Å². The molecule has 12 N–H and O–H groups in total. The number of unbranched alkanes of at least 4 members (excludes halogenated alkanes) is 2. The highest BCUT2D eigenvalue weighted by Gasteiger charge is 2.35. The number of amides is 4. The molecule has 0 heterocycles. The molecule has 0 radical (unpaired) electrons. The van der Waals surface area contributed by atoms with Crippen LogP contribution in [0.15, 0.2) is 243 Å². The van der Waals surface area contributed by atoms with Crippen molar-refractivity contribution in [1.82, 2.24) is 42.5 Å². The largest absolute Gasteiger partial charge is 0.465 e. The molecular formula is C109H130N10O16. The van der Waals surface area contributed by atoms with E-state index in [1.165, 1.54) is 125 Å². The second-order valence-electron chi connectivity index (χ2n) is 33.0. The number of carbonyl (C=O) groups excluding carboxylic acids is 11. The molecule has 5 aliphatic rings. The normalized spacial score (nSPS) is 12.6.